The number of rotatable bonds is 7. The number of methoxy groups -OCH3 is 1. The summed E-state index contributed by atoms with van der Waals surface area (Å²) in [5, 5.41) is 11.2. The number of piperazine rings is 1. The summed E-state index contributed by atoms with van der Waals surface area (Å²) in [5.41, 5.74) is 4.77. The van der Waals surface area contributed by atoms with Crippen molar-refractivity contribution in [3.63, 3.8) is 0 Å². The van der Waals surface area contributed by atoms with E-state index in [0.29, 0.717) is 58.0 Å². The Balaban J connectivity index is 0.991. The van der Waals surface area contributed by atoms with Gasteiger partial charge in [0.1, 0.15) is 5.75 Å². The van der Waals surface area contributed by atoms with Gasteiger partial charge in [-0.2, -0.15) is 5.10 Å². The first kappa shape index (κ1) is 34.1. The van der Waals surface area contributed by atoms with E-state index in [4.69, 9.17) is 9.47 Å². The van der Waals surface area contributed by atoms with Gasteiger partial charge >= 0.3 is 12.1 Å². The quantitative estimate of drug-likeness (QED) is 0.386. The standard InChI is InChI=1S/C37H50N8O5/c1-25-20-26(21-28-24-38-40-34(25)28)22-33(35(46)43-18-16-42(17-19-43)29-7-11-41(2)12-8-29)50-37(48)44-13-9-30(10-14-44)45-15-6-27-23-31(49-3)4-5-32(27)39-36(45)47/h4-5,20-21,23-24,29-30,33H,6-19,22H2,1-3H3,(H,38,40)(H,39,47)/t33-/m1/s1. The summed E-state index contributed by atoms with van der Waals surface area (Å²) in [6.07, 6.45) is 4.95. The van der Waals surface area contributed by atoms with Gasteiger partial charge in [-0.1, -0.05) is 6.07 Å². The maximum atomic E-state index is 14.1. The second kappa shape index (κ2) is 14.9. The van der Waals surface area contributed by atoms with Crippen LogP contribution >= 0.6 is 0 Å². The largest absolute Gasteiger partial charge is 0.497 e. The Morgan fingerprint density at radius 3 is 2.40 bits per heavy atom. The molecule has 3 aromatic rings. The number of amides is 4. The number of nitrogens with one attached hydrogen (secondary N) is 2. The average molecular weight is 687 g/mol. The number of aromatic nitrogens is 2. The van der Waals surface area contributed by atoms with Gasteiger partial charge in [-0.25, -0.2) is 9.59 Å². The fraction of sp³-hybridized carbons (Fsp3) is 0.568. The van der Waals surface area contributed by atoms with Crippen LogP contribution in [0.15, 0.2) is 36.5 Å². The highest BCUT2D eigenvalue weighted by Crippen LogP contribution is 2.28. The fourth-order valence-corrected chi connectivity index (χ4v) is 8.15. The van der Waals surface area contributed by atoms with Gasteiger partial charge in [0.2, 0.25) is 0 Å². The number of anilines is 1. The molecule has 3 saturated heterocycles. The van der Waals surface area contributed by atoms with E-state index in [1.807, 2.05) is 47.1 Å². The van der Waals surface area contributed by atoms with Crippen molar-refractivity contribution in [3.05, 3.63) is 53.2 Å². The molecule has 3 fully saturated rings. The van der Waals surface area contributed by atoms with Crippen molar-refractivity contribution in [1.29, 1.82) is 0 Å². The van der Waals surface area contributed by atoms with Crippen LogP contribution in [0.1, 0.15) is 42.4 Å². The number of H-pyrrole nitrogens is 1. The molecule has 0 bridgehead atoms. The third-order valence-corrected chi connectivity index (χ3v) is 11.2. The molecular formula is C37H50N8O5. The van der Waals surface area contributed by atoms with Gasteiger partial charge in [0.25, 0.3) is 5.91 Å². The predicted molar refractivity (Wildman–Crippen MR) is 190 cm³/mol. The number of ether oxygens (including phenoxy) is 2. The number of nitrogens with zero attached hydrogens (tertiary/aromatic N) is 6. The van der Waals surface area contributed by atoms with Crippen LogP contribution in [-0.4, -0.2) is 144 Å². The lowest BCUT2D eigenvalue weighted by Gasteiger charge is -2.42. The molecule has 4 amide bonds. The van der Waals surface area contributed by atoms with E-state index in [2.05, 4.69) is 32.4 Å². The number of hydrogen-bond donors (Lipinski definition) is 2. The van der Waals surface area contributed by atoms with Gasteiger partial charge in [0, 0.05) is 75.4 Å². The monoisotopic (exact) mass is 686 g/mol. The van der Waals surface area contributed by atoms with E-state index in [9.17, 15) is 14.4 Å². The first-order valence-corrected chi connectivity index (χ1v) is 18.1. The third-order valence-electron chi connectivity index (χ3n) is 11.2. The Morgan fingerprint density at radius 2 is 1.66 bits per heavy atom. The maximum absolute atomic E-state index is 14.1. The Bertz CT molecular complexity index is 1690. The van der Waals surface area contributed by atoms with Gasteiger partial charge in [-0.15, -0.1) is 0 Å². The van der Waals surface area contributed by atoms with Gasteiger partial charge in [-0.3, -0.25) is 14.8 Å². The van der Waals surface area contributed by atoms with Gasteiger partial charge < -0.3 is 34.4 Å². The summed E-state index contributed by atoms with van der Waals surface area (Å²) in [5.74, 6) is 0.626. The highest BCUT2D eigenvalue weighted by molar-refractivity contribution is 5.91. The molecule has 0 unspecified atom stereocenters. The van der Waals surface area contributed by atoms with Crippen LogP contribution in [0.5, 0.6) is 5.75 Å². The highest BCUT2D eigenvalue weighted by Gasteiger charge is 2.36. The smallest absolute Gasteiger partial charge is 0.410 e. The lowest BCUT2D eigenvalue weighted by molar-refractivity contribution is -0.143. The van der Waals surface area contributed by atoms with Crippen LogP contribution in [0, 0.1) is 6.92 Å². The topological polar surface area (TPSA) is 127 Å². The minimum atomic E-state index is -0.939. The Labute approximate surface area is 293 Å². The number of hydrogen-bond acceptors (Lipinski definition) is 8. The van der Waals surface area contributed by atoms with E-state index in [-0.39, 0.29) is 24.4 Å². The van der Waals surface area contributed by atoms with E-state index in [1.54, 1.807) is 18.2 Å². The molecule has 13 nitrogen and oxygen atoms in total. The first-order valence-electron chi connectivity index (χ1n) is 18.1. The summed E-state index contributed by atoms with van der Waals surface area (Å²) >= 11 is 0. The number of urea groups is 1. The van der Waals surface area contributed by atoms with Crippen molar-refractivity contribution in [2.75, 3.05) is 78.4 Å². The molecule has 4 aliphatic heterocycles. The number of carbonyl (C=O) groups excluding carboxylic acids is 3. The Kier molecular flexibility index (Phi) is 10.1. The van der Waals surface area contributed by atoms with Gasteiger partial charge in [0.05, 0.1) is 18.8 Å². The number of benzene rings is 2. The molecule has 13 heteroatoms. The number of aromatic amines is 1. The minimum Gasteiger partial charge on any atom is -0.497 e. The van der Waals surface area contributed by atoms with Crippen molar-refractivity contribution in [2.24, 2.45) is 0 Å². The van der Waals surface area contributed by atoms with Gasteiger partial charge in [-0.05, 0) is 100 Å². The zero-order chi connectivity index (χ0) is 34.8. The molecule has 50 heavy (non-hydrogen) atoms. The maximum Gasteiger partial charge on any atom is 0.410 e. The lowest BCUT2D eigenvalue weighted by Crippen LogP contribution is -2.56. The molecule has 0 saturated carbocycles. The number of fused-ring (bicyclic) bond motifs is 2. The summed E-state index contributed by atoms with van der Waals surface area (Å²) in [6.45, 7) is 8.62. The highest BCUT2D eigenvalue weighted by atomic mass is 16.6. The molecule has 5 heterocycles. The predicted octanol–water partition coefficient (Wildman–Crippen LogP) is 3.72. The summed E-state index contributed by atoms with van der Waals surface area (Å²) in [4.78, 5) is 51.4. The number of likely N-dealkylation sites (tertiary alicyclic amines) is 2. The van der Waals surface area contributed by atoms with E-state index < -0.39 is 12.2 Å². The van der Waals surface area contributed by atoms with Crippen molar-refractivity contribution in [2.45, 2.75) is 63.6 Å². The van der Waals surface area contributed by atoms with Crippen LogP contribution in [0.25, 0.3) is 10.9 Å². The fourth-order valence-electron chi connectivity index (χ4n) is 8.15. The zero-order valence-corrected chi connectivity index (χ0v) is 29.5. The molecular weight excluding hydrogens is 636 g/mol. The van der Waals surface area contributed by atoms with Crippen LogP contribution < -0.4 is 10.1 Å². The van der Waals surface area contributed by atoms with Crippen LogP contribution in [0.2, 0.25) is 0 Å². The summed E-state index contributed by atoms with van der Waals surface area (Å²) in [6, 6.07) is 10.2. The first-order chi connectivity index (χ1) is 24.2. The Morgan fingerprint density at radius 1 is 0.920 bits per heavy atom. The van der Waals surface area contributed by atoms with Crippen molar-refractivity contribution < 1.29 is 23.9 Å². The summed E-state index contributed by atoms with van der Waals surface area (Å²) in [7, 11) is 3.81. The van der Waals surface area contributed by atoms with Crippen LogP contribution in [0.4, 0.5) is 15.3 Å². The van der Waals surface area contributed by atoms with E-state index in [1.165, 1.54) is 0 Å². The van der Waals surface area contributed by atoms with E-state index >= 15 is 0 Å². The molecule has 268 valence electrons. The summed E-state index contributed by atoms with van der Waals surface area (Å²) < 4.78 is 11.5. The zero-order valence-electron chi connectivity index (χ0n) is 29.5. The molecule has 2 N–H and O–H groups in total. The average Bonchev–Trinajstić information content (AvgIpc) is 3.55. The molecule has 2 aromatic carbocycles. The molecule has 0 radical (unpaired) electrons. The van der Waals surface area contributed by atoms with Crippen molar-refractivity contribution >= 4 is 34.6 Å². The van der Waals surface area contributed by atoms with Crippen molar-refractivity contribution in [3.8, 4) is 5.75 Å². The normalized spacial score (nSPS) is 20.7. The second-order valence-electron chi connectivity index (χ2n) is 14.3. The third kappa shape index (κ3) is 7.39. The molecule has 7 rings (SSSR count). The Hall–Kier alpha value is -4.36. The van der Waals surface area contributed by atoms with E-state index in [0.717, 1.165) is 78.1 Å². The molecule has 0 spiro atoms. The lowest BCUT2D eigenvalue weighted by atomic mass is 10.0. The number of piperidine rings is 2. The minimum absolute atomic E-state index is 0.00166. The van der Waals surface area contributed by atoms with Crippen LogP contribution in [-0.2, 0) is 22.4 Å². The van der Waals surface area contributed by atoms with Crippen LogP contribution in [0.3, 0.4) is 0 Å². The molecule has 1 atom stereocenters. The SMILES string of the molecule is COc1ccc2c(c1)CCN(C1CCN(C(=O)O[C@H](Cc3cc(C)c4[nH]ncc4c3)C(=O)N3CCN(C4CCN(C)CC4)CC3)CC1)C(=O)N2. The number of carbonyl (C=O) groups is 3. The second-order valence-corrected chi connectivity index (χ2v) is 14.3. The van der Waals surface area contributed by atoms with Gasteiger partial charge in [0.15, 0.2) is 6.10 Å². The molecule has 0 aliphatic carbocycles. The molecule has 4 aliphatic rings. The molecule has 1 aromatic heterocycles. The number of aryl methyl sites for hydroxylation is 1. The van der Waals surface area contributed by atoms with Crippen molar-refractivity contribution in [1.82, 2.24) is 34.7 Å².